The van der Waals surface area contributed by atoms with Crippen LogP contribution in [0, 0.1) is 0 Å². The largest absolute Gasteiger partial charge is 0.444 e. The Labute approximate surface area is 132 Å². The average molecular weight is 306 g/mol. The van der Waals surface area contributed by atoms with E-state index in [2.05, 4.69) is 22.2 Å². The van der Waals surface area contributed by atoms with E-state index in [1.807, 2.05) is 32.9 Å². The molecule has 6 nitrogen and oxygen atoms in total. The lowest BCUT2D eigenvalue weighted by atomic mass is 10.2. The zero-order chi connectivity index (χ0) is 16.3. The Morgan fingerprint density at radius 1 is 1.23 bits per heavy atom. The number of nitrogens with zero attached hydrogens (tertiary/aromatic N) is 2. The first-order valence-electron chi connectivity index (χ1n) is 7.57. The van der Waals surface area contributed by atoms with Gasteiger partial charge in [0, 0.05) is 31.9 Å². The summed E-state index contributed by atoms with van der Waals surface area (Å²) < 4.78 is 5.32. The predicted molar refractivity (Wildman–Crippen MR) is 90.4 cm³/mol. The molecule has 0 spiro atoms. The highest BCUT2D eigenvalue weighted by molar-refractivity contribution is 5.91. The fraction of sp³-hybridized carbons (Fsp3) is 0.562. The molecule has 1 aromatic rings. The van der Waals surface area contributed by atoms with Gasteiger partial charge in [-0.2, -0.15) is 0 Å². The number of hydrogen-bond donors (Lipinski definition) is 2. The molecule has 6 heteroatoms. The number of nitrogens with one attached hydrogen (secondary N) is 1. The van der Waals surface area contributed by atoms with Crippen LogP contribution < -0.4 is 16.0 Å². The van der Waals surface area contributed by atoms with Crippen LogP contribution in [0.15, 0.2) is 18.2 Å². The third kappa shape index (κ3) is 4.53. The highest BCUT2D eigenvalue weighted by Crippen LogP contribution is 2.29. The van der Waals surface area contributed by atoms with E-state index >= 15 is 0 Å². The molecule has 3 N–H and O–H groups in total. The Hall–Kier alpha value is -1.95. The first-order valence-corrected chi connectivity index (χ1v) is 7.57. The highest BCUT2D eigenvalue weighted by atomic mass is 16.6. The smallest absolute Gasteiger partial charge is 0.412 e. The van der Waals surface area contributed by atoms with Crippen molar-refractivity contribution >= 4 is 23.2 Å². The maximum atomic E-state index is 12.0. The Balaban J connectivity index is 2.16. The lowest BCUT2D eigenvalue weighted by Gasteiger charge is -2.35. The molecule has 1 aliphatic rings. The first-order chi connectivity index (χ1) is 10.2. The van der Waals surface area contributed by atoms with E-state index in [1.165, 1.54) is 0 Å². The Morgan fingerprint density at radius 3 is 2.45 bits per heavy atom. The van der Waals surface area contributed by atoms with Gasteiger partial charge in [0.05, 0.1) is 11.4 Å². The zero-order valence-corrected chi connectivity index (χ0v) is 13.8. The summed E-state index contributed by atoms with van der Waals surface area (Å²) in [5.74, 6) is 0. The molecule has 1 aliphatic heterocycles. The van der Waals surface area contributed by atoms with Gasteiger partial charge in [0.25, 0.3) is 0 Å². The van der Waals surface area contributed by atoms with Crippen molar-refractivity contribution in [3.05, 3.63) is 18.2 Å². The number of nitrogen functional groups attached to an aromatic ring is 1. The van der Waals surface area contributed by atoms with Crippen molar-refractivity contribution in [1.29, 1.82) is 0 Å². The molecule has 0 unspecified atom stereocenters. The van der Waals surface area contributed by atoms with E-state index in [0.29, 0.717) is 11.4 Å². The molecule has 0 atom stereocenters. The van der Waals surface area contributed by atoms with E-state index in [0.717, 1.165) is 31.9 Å². The maximum Gasteiger partial charge on any atom is 0.412 e. The number of hydrogen-bond acceptors (Lipinski definition) is 5. The van der Waals surface area contributed by atoms with Crippen LogP contribution in [0.25, 0.3) is 0 Å². The van der Waals surface area contributed by atoms with Gasteiger partial charge in [-0.3, -0.25) is 5.32 Å². The Kier molecular flexibility index (Phi) is 4.81. The molecule has 1 heterocycles. The van der Waals surface area contributed by atoms with Crippen molar-refractivity contribution in [3.63, 3.8) is 0 Å². The molecule has 1 saturated heterocycles. The van der Waals surface area contributed by atoms with Crippen LogP contribution in [-0.2, 0) is 4.74 Å². The molecule has 0 aliphatic carbocycles. The zero-order valence-electron chi connectivity index (χ0n) is 13.8. The molecule has 1 amide bonds. The number of amides is 1. The fourth-order valence-electron chi connectivity index (χ4n) is 2.39. The van der Waals surface area contributed by atoms with Gasteiger partial charge in [0.15, 0.2) is 0 Å². The summed E-state index contributed by atoms with van der Waals surface area (Å²) in [6.45, 7) is 9.35. The molecule has 2 rings (SSSR count). The van der Waals surface area contributed by atoms with Crippen LogP contribution in [0.1, 0.15) is 20.8 Å². The first kappa shape index (κ1) is 16.4. The SMILES string of the molecule is CN1CCN(c2ccc(N)cc2NC(=O)OC(C)(C)C)CC1. The summed E-state index contributed by atoms with van der Waals surface area (Å²) in [5, 5.41) is 2.82. The minimum atomic E-state index is -0.529. The van der Waals surface area contributed by atoms with Gasteiger partial charge in [0.2, 0.25) is 0 Å². The van der Waals surface area contributed by atoms with Crippen LogP contribution in [0.5, 0.6) is 0 Å². The van der Waals surface area contributed by atoms with Crippen LogP contribution in [-0.4, -0.2) is 49.8 Å². The second-order valence-electron chi connectivity index (χ2n) is 6.69. The third-order valence-corrected chi connectivity index (χ3v) is 3.50. The molecule has 0 saturated carbocycles. The second-order valence-corrected chi connectivity index (χ2v) is 6.69. The maximum absolute atomic E-state index is 12.0. The van der Waals surface area contributed by atoms with E-state index in [1.54, 1.807) is 6.07 Å². The molecule has 1 aromatic carbocycles. The van der Waals surface area contributed by atoms with Crippen molar-refractivity contribution in [2.45, 2.75) is 26.4 Å². The number of rotatable bonds is 2. The number of carbonyl (C=O) groups is 1. The average Bonchev–Trinajstić information content (AvgIpc) is 2.38. The Morgan fingerprint density at radius 2 is 1.86 bits per heavy atom. The number of piperazine rings is 1. The number of likely N-dealkylation sites (N-methyl/N-ethyl adjacent to an activating group) is 1. The summed E-state index contributed by atoms with van der Waals surface area (Å²) in [7, 11) is 2.11. The molecular formula is C16H26N4O2. The normalized spacial score (nSPS) is 16.5. The number of carbonyl (C=O) groups excluding carboxylic acids is 1. The van der Waals surface area contributed by atoms with Gasteiger partial charge < -0.3 is 20.3 Å². The monoisotopic (exact) mass is 306 g/mol. The van der Waals surface area contributed by atoms with Crippen molar-refractivity contribution in [1.82, 2.24) is 4.90 Å². The van der Waals surface area contributed by atoms with E-state index in [-0.39, 0.29) is 0 Å². The lowest BCUT2D eigenvalue weighted by molar-refractivity contribution is 0.0636. The summed E-state index contributed by atoms with van der Waals surface area (Å²) in [4.78, 5) is 16.6. The molecule has 0 aromatic heterocycles. The number of benzene rings is 1. The van der Waals surface area contributed by atoms with E-state index < -0.39 is 11.7 Å². The van der Waals surface area contributed by atoms with Gasteiger partial charge in [-0.1, -0.05) is 0 Å². The summed E-state index contributed by atoms with van der Waals surface area (Å²) in [6, 6.07) is 5.58. The van der Waals surface area contributed by atoms with E-state index in [9.17, 15) is 4.79 Å². The van der Waals surface area contributed by atoms with Crippen LogP contribution >= 0.6 is 0 Å². The fourth-order valence-corrected chi connectivity index (χ4v) is 2.39. The van der Waals surface area contributed by atoms with Gasteiger partial charge in [-0.15, -0.1) is 0 Å². The van der Waals surface area contributed by atoms with Crippen LogP contribution in [0.3, 0.4) is 0 Å². The van der Waals surface area contributed by atoms with Gasteiger partial charge in [0.1, 0.15) is 5.60 Å². The Bertz CT molecular complexity index is 531. The van der Waals surface area contributed by atoms with Crippen molar-refractivity contribution < 1.29 is 9.53 Å². The van der Waals surface area contributed by atoms with Gasteiger partial charge in [-0.25, -0.2) is 4.79 Å². The van der Waals surface area contributed by atoms with Crippen molar-refractivity contribution in [3.8, 4) is 0 Å². The van der Waals surface area contributed by atoms with E-state index in [4.69, 9.17) is 10.5 Å². The summed E-state index contributed by atoms with van der Waals surface area (Å²) >= 11 is 0. The van der Waals surface area contributed by atoms with Gasteiger partial charge >= 0.3 is 6.09 Å². The topological polar surface area (TPSA) is 70.8 Å². The molecule has 1 fully saturated rings. The molecule has 0 bridgehead atoms. The minimum absolute atomic E-state index is 0.464. The number of nitrogens with two attached hydrogens (primary N) is 1. The standard InChI is InChI=1S/C16H26N4O2/c1-16(2,3)22-15(21)18-13-11-12(17)5-6-14(13)20-9-7-19(4)8-10-20/h5-6,11H,7-10,17H2,1-4H3,(H,18,21). The second kappa shape index (κ2) is 6.44. The minimum Gasteiger partial charge on any atom is -0.444 e. The molecular weight excluding hydrogens is 280 g/mol. The van der Waals surface area contributed by atoms with Crippen molar-refractivity contribution in [2.24, 2.45) is 0 Å². The molecule has 22 heavy (non-hydrogen) atoms. The highest BCUT2D eigenvalue weighted by Gasteiger charge is 2.20. The third-order valence-electron chi connectivity index (χ3n) is 3.50. The summed E-state index contributed by atoms with van der Waals surface area (Å²) in [5.41, 5.74) is 7.62. The lowest BCUT2D eigenvalue weighted by Crippen LogP contribution is -2.44. The predicted octanol–water partition coefficient (Wildman–Crippen LogP) is 2.37. The number of anilines is 3. The number of ether oxygens (including phenoxy) is 1. The van der Waals surface area contributed by atoms with Crippen LogP contribution in [0.2, 0.25) is 0 Å². The van der Waals surface area contributed by atoms with Crippen molar-refractivity contribution in [2.75, 3.05) is 49.2 Å². The summed E-state index contributed by atoms with van der Waals surface area (Å²) in [6.07, 6.45) is -0.464. The molecule has 122 valence electrons. The molecule has 0 radical (unpaired) electrons. The van der Waals surface area contributed by atoms with Gasteiger partial charge in [-0.05, 0) is 46.0 Å². The van der Waals surface area contributed by atoms with Crippen LogP contribution in [0.4, 0.5) is 21.9 Å². The quantitative estimate of drug-likeness (QED) is 0.821.